The quantitative estimate of drug-likeness (QED) is 0.777. The van der Waals surface area contributed by atoms with E-state index < -0.39 is 12.1 Å². The van der Waals surface area contributed by atoms with Gasteiger partial charge in [0.15, 0.2) is 6.10 Å². The smallest absolute Gasteiger partial charge is 0.334 e. The summed E-state index contributed by atoms with van der Waals surface area (Å²) in [5, 5.41) is 9.06. The SMILES string of the molecule is O=C(O)C1CN(C(=O)C2CCCN(C(=O)N3CCCC3)C2)CCO1. The minimum Gasteiger partial charge on any atom is -0.479 e. The summed E-state index contributed by atoms with van der Waals surface area (Å²) in [6.45, 7) is 3.48. The van der Waals surface area contributed by atoms with Crippen LogP contribution in [0.3, 0.4) is 0 Å². The van der Waals surface area contributed by atoms with Crippen LogP contribution in [0.2, 0.25) is 0 Å². The molecule has 3 heterocycles. The van der Waals surface area contributed by atoms with Gasteiger partial charge >= 0.3 is 12.0 Å². The van der Waals surface area contributed by atoms with Crippen LogP contribution in [0.25, 0.3) is 0 Å². The molecule has 0 aromatic rings. The molecule has 3 aliphatic heterocycles. The lowest BCUT2D eigenvalue weighted by molar-refractivity contribution is -0.161. The van der Waals surface area contributed by atoms with Gasteiger partial charge in [0.1, 0.15) is 0 Å². The number of morpholine rings is 1. The summed E-state index contributed by atoms with van der Waals surface area (Å²) in [7, 11) is 0. The van der Waals surface area contributed by atoms with Gasteiger partial charge < -0.3 is 24.5 Å². The van der Waals surface area contributed by atoms with Crippen LogP contribution >= 0.6 is 0 Å². The van der Waals surface area contributed by atoms with Gasteiger partial charge in [-0.3, -0.25) is 4.79 Å². The zero-order valence-corrected chi connectivity index (χ0v) is 13.9. The first-order chi connectivity index (χ1) is 11.6. The molecule has 0 aromatic heterocycles. The minimum absolute atomic E-state index is 0.0374. The van der Waals surface area contributed by atoms with Crippen molar-refractivity contribution in [1.29, 1.82) is 0 Å². The third-order valence-corrected chi connectivity index (χ3v) is 5.07. The van der Waals surface area contributed by atoms with E-state index in [2.05, 4.69) is 0 Å². The molecule has 8 nitrogen and oxygen atoms in total. The number of carbonyl (C=O) groups excluding carboxylic acids is 2. The van der Waals surface area contributed by atoms with Crippen LogP contribution in [0.4, 0.5) is 4.79 Å². The molecule has 134 valence electrons. The van der Waals surface area contributed by atoms with E-state index >= 15 is 0 Å². The topological polar surface area (TPSA) is 90.4 Å². The molecule has 0 spiro atoms. The molecule has 3 aliphatic rings. The number of amides is 3. The molecule has 0 aliphatic carbocycles. The number of carbonyl (C=O) groups is 3. The molecule has 3 amide bonds. The van der Waals surface area contributed by atoms with Crippen LogP contribution in [0.5, 0.6) is 0 Å². The fourth-order valence-corrected chi connectivity index (χ4v) is 3.72. The van der Waals surface area contributed by atoms with Crippen molar-refractivity contribution in [1.82, 2.24) is 14.7 Å². The van der Waals surface area contributed by atoms with Crippen LogP contribution in [-0.2, 0) is 14.3 Å². The molecule has 3 fully saturated rings. The number of rotatable bonds is 2. The van der Waals surface area contributed by atoms with Gasteiger partial charge in [0.25, 0.3) is 0 Å². The molecule has 2 atom stereocenters. The largest absolute Gasteiger partial charge is 0.479 e. The minimum atomic E-state index is -1.04. The van der Waals surface area contributed by atoms with Gasteiger partial charge in [0.2, 0.25) is 5.91 Å². The summed E-state index contributed by atoms with van der Waals surface area (Å²) in [4.78, 5) is 41.5. The fraction of sp³-hybridized carbons (Fsp3) is 0.812. The summed E-state index contributed by atoms with van der Waals surface area (Å²) in [5.41, 5.74) is 0. The predicted molar refractivity (Wildman–Crippen MR) is 84.5 cm³/mol. The van der Waals surface area contributed by atoms with Gasteiger partial charge in [-0.25, -0.2) is 9.59 Å². The lowest BCUT2D eigenvalue weighted by Gasteiger charge is -2.38. The van der Waals surface area contributed by atoms with E-state index in [-0.39, 0.29) is 31.0 Å². The number of piperidine rings is 1. The molecule has 0 bridgehead atoms. The van der Waals surface area contributed by atoms with Crippen LogP contribution in [-0.4, -0.2) is 89.7 Å². The first kappa shape index (κ1) is 17.0. The molecule has 0 saturated carbocycles. The Morgan fingerprint density at radius 1 is 0.875 bits per heavy atom. The van der Waals surface area contributed by atoms with Gasteiger partial charge in [-0.2, -0.15) is 0 Å². The molecule has 3 saturated heterocycles. The summed E-state index contributed by atoms with van der Waals surface area (Å²) in [6.07, 6.45) is 2.70. The van der Waals surface area contributed by atoms with Gasteiger partial charge in [-0.15, -0.1) is 0 Å². The second-order valence-electron chi connectivity index (χ2n) is 6.74. The number of urea groups is 1. The molecule has 3 rings (SSSR count). The van der Waals surface area contributed by atoms with E-state index in [1.807, 2.05) is 4.90 Å². The van der Waals surface area contributed by atoms with Crippen molar-refractivity contribution in [2.45, 2.75) is 31.8 Å². The average molecular weight is 339 g/mol. The van der Waals surface area contributed by atoms with Gasteiger partial charge in [0.05, 0.1) is 19.1 Å². The van der Waals surface area contributed by atoms with E-state index in [9.17, 15) is 14.4 Å². The third-order valence-electron chi connectivity index (χ3n) is 5.07. The van der Waals surface area contributed by atoms with Gasteiger partial charge in [-0.1, -0.05) is 0 Å². The molecule has 24 heavy (non-hydrogen) atoms. The van der Waals surface area contributed by atoms with Gasteiger partial charge in [-0.05, 0) is 25.7 Å². The maximum Gasteiger partial charge on any atom is 0.334 e. The third kappa shape index (κ3) is 3.63. The average Bonchev–Trinajstić information content (AvgIpc) is 3.15. The molecular weight excluding hydrogens is 314 g/mol. The second kappa shape index (κ2) is 7.38. The second-order valence-corrected chi connectivity index (χ2v) is 6.74. The number of carboxylic acid groups (broad SMARTS) is 1. The number of nitrogens with zero attached hydrogens (tertiary/aromatic N) is 3. The Morgan fingerprint density at radius 3 is 2.29 bits per heavy atom. The number of aliphatic carboxylic acids is 1. The Kier molecular flexibility index (Phi) is 5.23. The highest BCUT2D eigenvalue weighted by atomic mass is 16.5. The number of hydrogen-bond donors (Lipinski definition) is 1. The van der Waals surface area contributed by atoms with Crippen molar-refractivity contribution in [3.05, 3.63) is 0 Å². The van der Waals surface area contributed by atoms with Crippen LogP contribution in [0, 0.1) is 5.92 Å². The highest BCUT2D eigenvalue weighted by Crippen LogP contribution is 2.22. The lowest BCUT2D eigenvalue weighted by atomic mass is 9.96. The van der Waals surface area contributed by atoms with E-state index in [1.165, 1.54) is 0 Å². The molecule has 0 radical (unpaired) electrons. The Bertz CT molecular complexity index is 506. The monoisotopic (exact) mass is 339 g/mol. The summed E-state index contributed by atoms with van der Waals surface area (Å²) >= 11 is 0. The Morgan fingerprint density at radius 2 is 1.58 bits per heavy atom. The van der Waals surface area contributed by atoms with E-state index in [0.29, 0.717) is 19.6 Å². The molecule has 8 heteroatoms. The summed E-state index contributed by atoms with van der Waals surface area (Å²) in [6, 6.07) is 0.0374. The zero-order valence-electron chi connectivity index (χ0n) is 13.9. The van der Waals surface area contributed by atoms with Crippen molar-refractivity contribution in [3.63, 3.8) is 0 Å². The van der Waals surface area contributed by atoms with Crippen molar-refractivity contribution >= 4 is 17.9 Å². The Hall–Kier alpha value is -1.83. The maximum absolute atomic E-state index is 12.7. The molecule has 2 unspecified atom stereocenters. The number of hydrogen-bond acceptors (Lipinski definition) is 4. The van der Waals surface area contributed by atoms with Crippen LogP contribution < -0.4 is 0 Å². The van der Waals surface area contributed by atoms with Crippen molar-refractivity contribution in [2.24, 2.45) is 5.92 Å². The van der Waals surface area contributed by atoms with E-state index in [1.54, 1.807) is 9.80 Å². The molecule has 0 aromatic carbocycles. The normalized spacial score (nSPS) is 28.1. The van der Waals surface area contributed by atoms with Crippen molar-refractivity contribution in [2.75, 3.05) is 45.9 Å². The van der Waals surface area contributed by atoms with Crippen molar-refractivity contribution < 1.29 is 24.2 Å². The number of ether oxygens (including phenoxy) is 1. The highest BCUT2D eigenvalue weighted by Gasteiger charge is 2.36. The van der Waals surface area contributed by atoms with E-state index in [0.717, 1.165) is 38.8 Å². The first-order valence-electron chi connectivity index (χ1n) is 8.73. The zero-order chi connectivity index (χ0) is 17.1. The lowest BCUT2D eigenvalue weighted by Crippen LogP contribution is -2.54. The number of carboxylic acids is 1. The molecular formula is C16H25N3O5. The first-order valence-corrected chi connectivity index (χ1v) is 8.73. The number of likely N-dealkylation sites (tertiary alicyclic amines) is 2. The fourth-order valence-electron chi connectivity index (χ4n) is 3.72. The Balaban J connectivity index is 1.58. The summed E-state index contributed by atoms with van der Waals surface area (Å²) in [5.74, 6) is -1.33. The predicted octanol–water partition coefficient (Wildman–Crippen LogP) is 0.226. The summed E-state index contributed by atoms with van der Waals surface area (Å²) < 4.78 is 5.17. The standard InChI is InChI=1S/C16H25N3O5/c20-14(18-8-9-24-13(11-18)15(21)22)12-4-3-7-19(10-12)16(23)17-5-1-2-6-17/h12-13H,1-11H2,(H,21,22). The van der Waals surface area contributed by atoms with E-state index in [4.69, 9.17) is 9.84 Å². The highest BCUT2D eigenvalue weighted by molar-refractivity contribution is 5.82. The maximum atomic E-state index is 12.7. The van der Waals surface area contributed by atoms with Crippen LogP contribution in [0.15, 0.2) is 0 Å². The van der Waals surface area contributed by atoms with Crippen molar-refractivity contribution in [3.8, 4) is 0 Å². The van der Waals surface area contributed by atoms with Gasteiger partial charge in [0, 0.05) is 32.7 Å². The molecule has 1 N–H and O–H groups in total. The van der Waals surface area contributed by atoms with Crippen LogP contribution in [0.1, 0.15) is 25.7 Å². The Labute approximate surface area is 141 Å².